The first-order chi connectivity index (χ1) is 9.90. The standard InChI is InChI=1S/C14H17F3N2O2/c15-14(16,17)11-3-1-2-4-12(11)18-13(21)8-19-6-5-10(7-19)9-20/h1-4,10,20H,5-9H2,(H,18,21). The fraction of sp³-hybridized carbons (Fsp3) is 0.500. The third-order valence-electron chi connectivity index (χ3n) is 3.50. The van der Waals surface area contributed by atoms with Gasteiger partial charge in [-0.15, -0.1) is 0 Å². The Bertz CT molecular complexity index is 505. The van der Waals surface area contributed by atoms with Crippen molar-refractivity contribution in [3.8, 4) is 0 Å². The van der Waals surface area contributed by atoms with Crippen molar-refractivity contribution < 1.29 is 23.1 Å². The van der Waals surface area contributed by atoms with Crippen LogP contribution >= 0.6 is 0 Å². The molecule has 0 spiro atoms. The van der Waals surface area contributed by atoms with Gasteiger partial charge in [-0.05, 0) is 31.0 Å². The summed E-state index contributed by atoms with van der Waals surface area (Å²) < 4.78 is 38.4. The normalized spacial score (nSPS) is 19.7. The topological polar surface area (TPSA) is 52.6 Å². The number of carbonyl (C=O) groups excluding carboxylic acids is 1. The molecule has 1 saturated heterocycles. The lowest BCUT2D eigenvalue weighted by molar-refractivity contribution is -0.137. The maximum Gasteiger partial charge on any atom is 0.418 e. The van der Waals surface area contributed by atoms with E-state index in [0.29, 0.717) is 13.1 Å². The summed E-state index contributed by atoms with van der Waals surface area (Å²) >= 11 is 0. The number of nitrogens with zero attached hydrogens (tertiary/aromatic N) is 1. The van der Waals surface area contributed by atoms with E-state index in [9.17, 15) is 18.0 Å². The molecular formula is C14H17F3N2O2. The molecule has 1 amide bonds. The molecule has 0 bridgehead atoms. The van der Waals surface area contributed by atoms with Gasteiger partial charge in [0.2, 0.25) is 5.91 Å². The second-order valence-corrected chi connectivity index (χ2v) is 5.16. The fourth-order valence-electron chi connectivity index (χ4n) is 2.44. The highest BCUT2D eigenvalue weighted by molar-refractivity contribution is 5.93. The van der Waals surface area contributed by atoms with Crippen LogP contribution in [0, 0.1) is 5.92 Å². The van der Waals surface area contributed by atoms with Gasteiger partial charge in [0.25, 0.3) is 0 Å². The minimum Gasteiger partial charge on any atom is -0.396 e. The predicted molar refractivity (Wildman–Crippen MR) is 71.7 cm³/mol. The van der Waals surface area contributed by atoms with Crippen molar-refractivity contribution >= 4 is 11.6 Å². The summed E-state index contributed by atoms with van der Waals surface area (Å²) in [6, 6.07) is 4.90. The molecule has 2 N–H and O–H groups in total. The molecule has 1 aromatic carbocycles. The number of para-hydroxylation sites is 1. The molecule has 0 aromatic heterocycles. The van der Waals surface area contributed by atoms with Crippen LogP contribution in [0.1, 0.15) is 12.0 Å². The Kier molecular flexibility index (Phi) is 4.84. The van der Waals surface area contributed by atoms with Crippen LogP contribution in [0.25, 0.3) is 0 Å². The monoisotopic (exact) mass is 302 g/mol. The van der Waals surface area contributed by atoms with Gasteiger partial charge < -0.3 is 10.4 Å². The Labute approximate surface area is 120 Å². The Morgan fingerprint density at radius 1 is 1.38 bits per heavy atom. The van der Waals surface area contributed by atoms with E-state index in [1.807, 2.05) is 4.90 Å². The van der Waals surface area contributed by atoms with Crippen molar-refractivity contribution in [3.63, 3.8) is 0 Å². The van der Waals surface area contributed by atoms with Crippen LogP contribution in [0.15, 0.2) is 24.3 Å². The van der Waals surface area contributed by atoms with Gasteiger partial charge in [0.1, 0.15) is 0 Å². The highest BCUT2D eigenvalue weighted by Crippen LogP contribution is 2.34. The molecule has 21 heavy (non-hydrogen) atoms. The number of hydrogen-bond donors (Lipinski definition) is 2. The highest BCUT2D eigenvalue weighted by atomic mass is 19.4. The van der Waals surface area contributed by atoms with Crippen molar-refractivity contribution in [3.05, 3.63) is 29.8 Å². The van der Waals surface area contributed by atoms with Crippen LogP contribution in [0.5, 0.6) is 0 Å². The van der Waals surface area contributed by atoms with Crippen LogP contribution in [0.2, 0.25) is 0 Å². The Morgan fingerprint density at radius 3 is 2.71 bits per heavy atom. The molecular weight excluding hydrogens is 285 g/mol. The summed E-state index contributed by atoms with van der Waals surface area (Å²) in [5, 5.41) is 11.3. The summed E-state index contributed by atoms with van der Waals surface area (Å²) in [7, 11) is 0. The zero-order valence-corrected chi connectivity index (χ0v) is 11.4. The second-order valence-electron chi connectivity index (χ2n) is 5.16. The Morgan fingerprint density at radius 2 is 2.10 bits per heavy atom. The van der Waals surface area contributed by atoms with Crippen LogP contribution < -0.4 is 5.32 Å². The van der Waals surface area contributed by atoms with Crippen LogP contribution in [0.3, 0.4) is 0 Å². The molecule has 1 atom stereocenters. The highest BCUT2D eigenvalue weighted by Gasteiger charge is 2.33. The number of aliphatic hydroxyl groups is 1. The van der Waals surface area contributed by atoms with Crippen LogP contribution in [-0.4, -0.2) is 42.2 Å². The Hall–Kier alpha value is -1.60. The third kappa shape index (κ3) is 4.18. The minimum absolute atomic E-state index is 0.0304. The van der Waals surface area contributed by atoms with Gasteiger partial charge in [0.15, 0.2) is 0 Å². The number of amides is 1. The minimum atomic E-state index is -4.50. The number of benzene rings is 1. The Balaban J connectivity index is 1.97. The summed E-state index contributed by atoms with van der Waals surface area (Å²) in [5.74, 6) is -0.342. The lowest BCUT2D eigenvalue weighted by atomic mass is 10.1. The predicted octanol–water partition coefficient (Wildman–Crippen LogP) is 1.96. The number of aliphatic hydroxyl groups excluding tert-OH is 1. The van der Waals surface area contributed by atoms with Crippen molar-refractivity contribution in [2.24, 2.45) is 5.92 Å². The summed E-state index contributed by atoms with van der Waals surface area (Å²) in [6.45, 7) is 1.35. The van der Waals surface area contributed by atoms with E-state index in [0.717, 1.165) is 12.5 Å². The molecule has 0 saturated carbocycles. The van der Waals surface area contributed by atoms with E-state index in [1.54, 1.807) is 0 Å². The molecule has 1 aliphatic heterocycles. The number of halogens is 3. The van der Waals surface area contributed by atoms with Gasteiger partial charge in [-0.25, -0.2) is 0 Å². The van der Waals surface area contributed by atoms with Gasteiger partial charge in [-0.1, -0.05) is 12.1 Å². The van der Waals surface area contributed by atoms with E-state index in [1.165, 1.54) is 18.2 Å². The number of nitrogens with one attached hydrogen (secondary N) is 1. The van der Waals surface area contributed by atoms with Crippen LogP contribution in [0.4, 0.5) is 18.9 Å². The summed E-state index contributed by atoms with van der Waals surface area (Å²) in [5.41, 5.74) is -1.08. The number of alkyl halides is 3. The van der Waals surface area contributed by atoms with Crippen molar-refractivity contribution in [2.75, 3.05) is 31.6 Å². The zero-order valence-electron chi connectivity index (χ0n) is 11.4. The average Bonchev–Trinajstić information content (AvgIpc) is 2.85. The average molecular weight is 302 g/mol. The van der Waals surface area contributed by atoms with Crippen molar-refractivity contribution in [2.45, 2.75) is 12.6 Å². The SMILES string of the molecule is O=C(CN1CCC(CO)C1)Nc1ccccc1C(F)(F)F. The number of anilines is 1. The van der Waals surface area contributed by atoms with E-state index < -0.39 is 17.6 Å². The van der Waals surface area contributed by atoms with E-state index in [4.69, 9.17) is 5.11 Å². The second kappa shape index (κ2) is 6.44. The van der Waals surface area contributed by atoms with Crippen molar-refractivity contribution in [1.82, 2.24) is 4.90 Å². The number of hydrogen-bond acceptors (Lipinski definition) is 3. The van der Waals surface area contributed by atoms with Crippen molar-refractivity contribution in [1.29, 1.82) is 0 Å². The molecule has 1 fully saturated rings. The van der Waals surface area contributed by atoms with Gasteiger partial charge in [0.05, 0.1) is 17.8 Å². The molecule has 1 unspecified atom stereocenters. The third-order valence-corrected chi connectivity index (χ3v) is 3.50. The van der Waals surface area contributed by atoms with E-state index in [-0.39, 0.29) is 24.8 Å². The summed E-state index contributed by atoms with van der Waals surface area (Å²) in [4.78, 5) is 13.7. The summed E-state index contributed by atoms with van der Waals surface area (Å²) in [6.07, 6.45) is -3.71. The first kappa shape index (κ1) is 15.8. The molecule has 2 rings (SSSR count). The maximum absolute atomic E-state index is 12.8. The van der Waals surface area contributed by atoms with E-state index >= 15 is 0 Å². The smallest absolute Gasteiger partial charge is 0.396 e. The molecule has 1 aromatic rings. The lowest BCUT2D eigenvalue weighted by Crippen LogP contribution is -2.32. The first-order valence-corrected chi connectivity index (χ1v) is 6.69. The molecule has 4 nitrogen and oxygen atoms in total. The number of likely N-dealkylation sites (tertiary alicyclic amines) is 1. The molecule has 0 aliphatic carbocycles. The molecule has 1 aliphatic rings. The van der Waals surface area contributed by atoms with Gasteiger partial charge in [-0.3, -0.25) is 9.69 Å². The van der Waals surface area contributed by atoms with Crippen LogP contribution in [-0.2, 0) is 11.0 Å². The quantitative estimate of drug-likeness (QED) is 0.894. The number of rotatable bonds is 4. The van der Waals surface area contributed by atoms with Gasteiger partial charge in [-0.2, -0.15) is 13.2 Å². The molecule has 7 heteroatoms. The van der Waals surface area contributed by atoms with Gasteiger partial charge >= 0.3 is 6.18 Å². The number of carbonyl (C=O) groups is 1. The van der Waals surface area contributed by atoms with E-state index in [2.05, 4.69) is 5.32 Å². The fourth-order valence-corrected chi connectivity index (χ4v) is 2.44. The lowest BCUT2D eigenvalue weighted by Gasteiger charge is -2.17. The maximum atomic E-state index is 12.8. The molecule has 1 heterocycles. The first-order valence-electron chi connectivity index (χ1n) is 6.69. The molecule has 116 valence electrons. The molecule has 0 radical (unpaired) electrons. The van der Waals surface area contributed by atoms with Gasteiger partial charge in [0, 0.05) is 13.2 Å². The zero-order chi connectivity index (χ0) is 15.5. The largest absolute Gasteiger partial charge is 0.418 e.